The molecule has 25 heavy (non-hydrogen) atoms. The molecule has 0 aliphatic heterocycles. The van der Waals surface area contributed by atoms with Crippen molar-refractivity contribution < 1.29 is 19.6 Å². The molecule has 8 nitrogen and oxygen atoms in total. The lowest BCUT2D eigenvalue weighted by molar-refractivity contribution is -0.398. The molecule has 2 rings (SSSR count). The van der Waals surface area contributed by atoms with Gasteiger partial charge in [-0.2, -0.15) is 5.10 Å². The average molecular weight is 342 g/mol. The smallest absolute Gasteiger partial charge is 0.271 e. The van der Waals surface area contributed by atoms with Crippen LogP contribution >= 0.6 is 0 Å². The summed E-state index contributed by atoms with van der Waals surface area (Å²) < 4.78 is 5.49. The first-order valence-corrected chi connectivity index (χ1v) is 7.42. The molecular formula is C17H16N3O5-. The van der Waals surface area contributed by atoms with Gasteiger partial charge in [0.2, 0.25) is 0 Å². The fourth-order valence-corrected chi connectivity index (χ4v) is 1.94. The number of amides is 1. The Hall–Kier alpha value is -3.42. The van der Waals surface area contributed by atoms with Crippen molar-refractivity contribution in [3.8, 4) is 11.5 Å². The number of benzene rings is 2. The number of hydrogen-bond donors (Lipinski definition) is 1. The Labute approximate surface area is 143 Å². The Morgan fingerprint density at radius 1 is 1.24 bits per heavy atom. The number of ether oxygens (including phenoxy) is 1. The third-order valence-corrected chi connectivity index (χ3v) is 3.05. The van der Waals surface area contributed by atoms with Gasteiger partial charge in [-0.15, -0.1) is 0 Å². The maximum atomic E-state index is 12.0. The zero-order chi connectivity index (χ0) is 18.4. The molecule has 0 heterocycles. The minimum absolute atomic E-state index is 0.0360. The fourth-order valence-electron chi connectivity index (χ4n) is 1.94. The maximum absolute atomic E-state index is 12.0. The fraction of sp³-hybridized carbons (Fsp3) is 0.176. The molecule has 0 bridgehead atoms. The van der Waals surface area contributed by atoms with Gasteiger partial charge in [0.05, 0.1) is 17.2 Å². The molecule has 0 saturated carbocycles. The van der Waals surface area contributed by atoms with Gasteiger partial charge in [-0.3, -0.25) is 14.9 Å². The summed E-state index contributed by atoms with van der Waals surface area (Å²) >= 11 is 0. The highest BCUT2D eigenvalue weighted by molar-refractivity contribution is 5.95. The van der Waals surface area contributed by atoms with Crippen molar-refractivity contribution >= 4 is 17.8 Å². The summed E-state index contributed by atoms with van der Waals surface area (Å²) in [5.74, 6) is -0.475. The van der Waals surface area contributed by atoms with Crippen LogP contribution in [0.3, 0.4) is 0 Å². The number of carbonyl (C=O) groups excluding carboxylic acids is 1. The summed E-state index contributed by atoms with van der Waals surface area (Å²) in [6.07, 6.45) is 1.26. The van der Waals surface area contributed by atoms with Crippen LogP contribution < -0.4 is 15.3 Å². The van der Waals surface area contributed by atoms with Crippen molar-refractivity contribution in [1.29, 1.82) is 0 Å². The van der Waals surface area contributed by atoms with Crippen molar-refractivity contribution in [2.75, 3.05) is 0 Å². The first-order valence-electron chi connectivity index (χ1n) is 7.42. The Kier molecular flexibility index (Phi) is 5.67. The molecule has 8 heteroatoms. The summed E-state index contributed by atoms with van der Waals surface area (Å²) in [7, 11) is 0. The lowest BCUT2D eigenvalue weighted by Gasteiger charge is -2.09. The standard InChI is InChI=1S/C17H17N3O5/c1-11(2)25-14-6-4-13(5-7-14)17(22)19-18-10-12-3-8-16(21)15(9-12)20(23)24/h3-11,21H,1-2H3,(H,19,22)/p-1/b18-10-. The van der Waals surface area contributed by atoms with Gasteiger partial charge in [-0.25, -0.2) is 5.43 Å². The van der Waals surface area contributed by atoms with E-state index in [2.05, 4.69) is 10.5 Å². The van der Waals surface area contributed by atoms with Crippen LogP contribution in [-0.4, -0.2) is 23.1 Å². The summed E-state index contributed by atoms with van der Waals surface area (Å²) in [4.78, 5) is 21.9. The highest BCUT2D eigenvalue weighted by atomic mass is 16.6. The van der Waals surface area contributed by atoms with E-state index in [1.54, 1.807) is 24.3 Å². The third-order valence-electron chi connectivity index (χ3n) is 3.05. The molecule has 0 radical (unpaired) electrons. The van der Waals surface area contributed by atoms with E-state index in [0.717, 1.165) is 12.1 Å². The zero-order valence-electron chi connectivity index (χ0n) is 13.6. The van der Waals surface area contributed by atoms with Crippen LogP contribution in [0.5, 0.6) is 11.5 Å². The number of carbonyl (C=O) groups is 1. The van der Waals surface area contributed by atoms with Crippen LogP contribution in [0.15, 0.2) is 47.6 Å². The van der Waals surface area contributed by atoms with E-state index in [-0.39, 0.29) is 6.10 Å². The SMILES string of the molecule is CC(C)Oc1ccc(C(=O)N/N=C\c2ccc([O-])c([N+](=O)[O-])c2)cc1. The highest BCUT2D eigenvalue weighted by Crippen LogP contribution is 2.22. The first-order chi connectivity index (χ1) is 11.9. The molecule has 2 aromatic rings. The lowest BCUT2D eigenvalue weighted by atomic mass is 10.2. The van der Waals surface area contributed by atoms with E-state index < -0.39 is 22.3 Å². The summed E-state index contributed by atoms with van der Waals surface area (Å²) in [5, 5.41) is 25.8. The number of rotatable bonds is 6. The predicted molar refractivity (Wildman–Crippen MR) is 89.8 cm³/mol. The van der Waals surface area contributed by atoms with Crippen molar-refractivity contribution in [2.24, 2.45) is 5.10 Å². The Bertz CT molecular complexity index is 800. The van der Waals surface area contributed by atoms with Gasteiger partial charge >= 0.3 is 0 Å². The summed E-state index contributed by atoms with van der Waals surface area (Å²) in [5.41, 5.74) is 2.48. The van der Waals surface area contributed by atoms with Crippen molar-refractivity contribution in [2.45, 2.75) is 20.0 Å². The number of nitro groups is 1. The van der Waals surface area contributed by atoms with E-state index in [1.165, 1.54) is 12.3 Å². The molecule has 1 N–H and O–H groups in total. The Balaban J connectivity index is 2.01. The number of nitrogens with zero attached hydrogens (tertiary/aromatic N) is 2. The van der Waals surface area contributed by atoms with E-state index in [9.17, 15) is 20.0 Å². The van der Waals surface area contributed by atoms with Crippen LogP contribution in [0.25, 0.3) is 0 Å². The molecule has 0 aliphatic carbocycles. The van der Waals surface area contributed by atoms with Gasteiger partial charge in [-0.05, 0) is 43.9 Å². The maximum Gasteiger partial charge on any atom is 0.271 e. The topological polar surface area (TPSA) is 117 Å². The van der Waals surface area contributed by atoms with E-state index in [0.29, 0.717) is 16.9 Å². The van der Waals surface area contributed by atoms with Crippen LogP contribution in [0.4, 0.5) is 5.69 Å². The van der Waals surface area contributed by atoms with Crippen molar-refractivity contribution in [3.63, 3.8) is 0 Å². The lowest BCUT2D eigenvalue weighted by Crippen LogP contribution is -2.17. The number of hydrazone groups is 1. The molecular weight excluding hydrogens is 326 g/mol. The van der Waals surface area contributed by atoms with E-state index >= 15 is 0 Å². The molecule has 1 amide bonds. The van der Waals surface area contributed by atoms with E-state index in [4.69, 9.17) is 4.74 Å². The van der Waals surface area contributed by atoms with Gasteiger partial charge in [-0.1, -0.05) is 12.1 Å². The molecule has 2 aromatic carbocycles. The predicted octanol–water partition coefficient (Wildman–Crippen LogP) is 2.22. The molecule has 0 unspecified atom stereocenters. The van der Waals surface area contributed by atoms with Crippen LogP contribution in [-0.2, 0) is 0 Å². The second-order valence-corrected chi connectivity index (χ2v) is 5.37. The first kappa shape index (κ1) is 17.9. The second kappa shape index (κ2) is 7.91. The third kappa shape index (κ3) is 5.03. The average Bonchev–Trinajstić information content (AvgIpc) is 2.56. The summed E-state index contributed by atoms with van der Waals surface area (Å²) in [6, 6.07) is 10.1. The van der Waals surface area contributed by atoms with E-state index in [1.807, 2.05) is 13.8 Å². The monoisotopic (exact) mass is 342 g/mol. The van der Waals surface area contributed by atoms with Crippen molar-refractivity contribution in [3.05, 3.63) is 63.7 Å². The quantitative estimate of drug-likeness (QED) is 0.491. The van der Waals surface area contributed by atoms with Gasteiger partial charge in [0.25, 0.3) is 11.6 Å². The molecule has 0 aromatic heterocycles. The Morgan fingerprint density at radius 3 is 2.52 bits per heavy atom. The number of nitro benzene ring substituents is 1. The van der Waals surface area contributed by atoms with Gasteiger partial charge in [0.1, 0.15) is 5.75 Å². The molecule has 0 atom stereocenters. The Morgan fingerprint density at radius 2 is 1.92 bits per heavy atom. The van der Waals surface area contributed by atoms with Gasteiger partial charge in [0, 0.05) is 17.2 Å². The molecule has 0 aliphatic rings. The van der Waals surface area contributed by atoms with Crippen LogP contribution in [0.1, 0.15) is 29.8 Å². The number of nitrogens with one attached hydrogen (secondary N) is 1. The highest BCUT2D eigenvalue weighted by Gasteiger charge is 2.08. The molecule has 130 valence electrons. The minimum Gasteiger partial charge on any atom is -0.868 e. The largest absolute Gasteiger partial charge is 0.868 e. The minimum atomic E-state index is -0.765. The van der Waals surface area contributed by atoms with Crippen LogP contribution in [0, 0.1) is 10.1 Å². The molecule has 0 fully saturated rings. The molecule has 0 saturated heterocycles. The van der Waals surface area contributed by atoms with Crippen molar-refractivity contribution in [1.82, 2.24) is 5.43 Å². The van der Waals surface area contributed by atoms with Gasteiger partial charge < -0.3 is 9.84 Å². The van der Waals surface area contributed by atoms with Crippen LogP contribution in [0.2, 0.25) is 0 Å². The normalized spacial score (nSPS) is 10.8. The second-order valence-electron chi connectivity index (χ2n) is 5.37. The molecule has 0 spiro atoms. The van der Waals surface area contributed by atoms with Gasteiger partial charge in [0.15, 0.2) is 0 Å². The summed E-state index contributed by atoms with van der Waals surface area (Å²) in [6.45, 7) is 3.80. The number of hydrogen-bond acceptors (Lipinski definition) is 6. The zero-order valence-corrected chi connectivity index (χ0v) is 13.6.